The van der Waals surface area contributed by atoms with Gasteiger partial charge in [0.15, 0.2) is 0 Å². The van der Waals surface area contributed by atoms with E-state index in [0.717, 1.165) is 39.1 Å². The van der Waals surface area contributed by atoms with Crippen LogP contribution >= 0.6 is 12.4 Å². The van der Waals surface area contributed by atoms with E-state index in [2.05, 4.69) is 15.5 Å². The third kappa shape index (κ3) is 5.66. The molecule has 9 heteroatoms. The number of nitrogens with two attached hydrogens (primary N) is 1. The number of nitro groups is 1. The van der Waals surface area contributed by atoms with Crippen LogP contribution in [0, 0.1) is 10.1 Å². The number of nitrogens with one attached hydrogen (secondary N) is 2. The highest BCUT2D eigenvalue weighted by Gasteiger charge is 2.15. The van der Waals surface area contributed by atoms with Gasteiger partial charge in [0, 0.05) is 44.4 Å². The molecule has 1 aromatic carbocycles. The van der Waals surface area contributed by atoms with Gasteiger partial charge in [-0.15, -0.1) is 12.4 Å². The number of nitrogen functional groups attached to an aromatic ring is 1. The summed E-state index contributed by atoms with van der Waals surface area (Å²) in [7, 11) is 0. The third-order valence-corrected chi connectivity index (χ3v) is 3.64. The van der Waals surface area contributed by atoms with Crippen molar-refractivity contribution in [3.8, 4) is 0 Å². The molecule has 2 rings (SSSR count). The highest BCUT2D eigenvalue weighted by Crippen LogP contribution is 2.22. The van der Waals surface area contributed by atoms with E-state index in [1.807, 2.05) is 0 Å². The molecule has 4 N–H and O–H groups in total. The van der Waals surface area contributed by atoms with Gasteiger partial charge in [0.1, 0.15) is 5.69 Å². The van der Waals surface area contributed by atoms with Crippen LogP contribution in [0.5, 0.6) is 0 Å². The van der Waals surface area contributed by atoms with Crippen molar-refractivity contribution in [3.05, 3.63) is 33.9 Å². The molecule has 1 saturated heterocycles. The van der Waals surface area contributed by atoms with Gasteiger partial charge in [-0.3, -0.25) is 14.9 Å². The fourth-order valence-electron chi connectivity index (χ4n) is 2.38. The Balaban J connectivity index is 0.00000264. The summed E-state index contributed by atoms with van der Waals surface area (Å²) in [5.41, 5.74) is 5.58. The first-order valence-electron chi connectivity index (χ1n) is 7.33. The highest BCUT2D eigenvalue weighted by atomic mass is 35.5. The Morgan fingerprint density at radius 2 is 2.09 bits per heavy atom. The number of anilines is 1. The lowest BCUT2D eigenvalue weighted by atomic mass is 10.1. The number of halogens is 1. The number of piperazine rings is 1. The van der Waals surface area contributed by atoms with Gasteiger partial charge >= 0.3 is 0 Å². The highest BCUT2D eigenvalue weighted by molar-refractivity contribution is 5.95. The largest absolute Gasteiger partial charge is 0.393 e. The van der Waals surface area contributed by atoms with Gasteiger partial charge < -0.3 is 21.3 Å². The number of carbonyl (C=O) groups excluding carboxylic acids is 1. The smallest absolute Gasteiger partial charge is 0.292 e. The van der Waals surface area contributed by atoms with Crippen LogP contribution in [0.4, 0.5) is 11.4 Å². The van der Waals surface area contributed by atoms with E-state index in [4.69, 9.17) is 5.73 Å². The average Bonchev–Trinajstić information content (AvgIpc) is 2.52. The van der Waals surface area contributed by atoms with Crippen molar-refractivity contribution >= 4 is 29.7 Å². The predicted octanol–water partition coefficient (Wildman–Crippen LogP) is 0.624. The molecule has 1 heterocycles. The summed E-state index contributed by atoms with van der Waals surface area (Å²) in [5.74, 6) is -0.316. The minimum atomic E-state index is -0.587. The fraction of sp³-hybridized carbons (Fsp3) is 0.500. The Morgan fingerprint density at radius 1 is 1.39 bits per heavy atom. The number of hydrogen-bond acceptors (Lipinski definition) is 6. The second kappa shape index (κ2) is 9.29. The van der Waals surface area contributed by atoms with Crippen molar-refractivity contribution in [1.82, 2.24) is 15.5 Å². The molecule has 1 aliphatic rings. The first-order valence-corrected chi connectivity index (χ1v) is 7.33. The van der Waals surface area contributed by atoms with E-state index in [0.29, 0.717) is 6.54 Å². The summed E-state index contributed by atoms with van der Waals surface area (Å²) in [4.78, 5) is 24.6. The summed E-state index contributed by atoms with van der Waals surface area (Å²) < 4.78 is 0. The van der Waals surface area contributed by atoms with Crippen LogP contribution in [0.15, 0.2) is 18.2 Å². The SMILES string of the molecule is Cl.Nc1ccc(C(=O)NCCCN2CCNCC2)cc1[N+](=O)[O-]. The molecule has 1 amide bonds. The molecule has 0 aliphatic carbocycles. The van der Waals surface area contributed by atoms with Gasteiger partial charge in [-0.1, -0.05) is 0 Å². The normalized spacial score (nSPS) is 14.8. The van der Waals surface area contributed by atoms with Gasteiger partial charge in [0.2, 0.25) is 0 Å². The molecule has 128 valence electrons. The quantitative estimate of drug-likeness (QED) is 0.302. The minimum absolute atomic E-state index is 0. The van der Waals surface area contributed by atoms with E-state index < -0.39 is 4.92 Å². The monoisotopic (exact) mass is 343 g/mol. The van der Waals surface area contributed by atoms with E-state index >= 15 is 0 Å². The van der Waals surface area contributed by atoms with Gasteiger partial charge in [0.05, 0.1) is 4.92 Å². The van der Waals surface area contributed by atoms with E-state index in [9.17, 15) is 14.9 Å². The number of nitro benzene ring substituents is 1. The number of rotatable bonds is 6. The van der Waals surface area contributed by atoms with Crippen molar-refractivity contribution in [1.29, 1.82) is 0 Å². The van der Waals surface area contributed by atoms with Crippen LogP contribution < -0.4 is 16.4 Å². The fourth-order valence-corrected chi connectivity index (χ4v) is 2.38. The maximum absolute atomic E-state index is 12.0. The molecule has 8 nitrogen and oxygen atoms in total. The zero-order valence-corrected chi connectivity index (χ0v) is 13.6. The molecule has 1 aliphatic heterocycles. The first-order chi connectivity index (χ1) is 10.6. The van der Waals surface area contributed by atoms with Crippen LogP contribution in [0.2, 0.25) is 0 Å². The summed E-state index contributed by atoms with van der Waals surface area (Å²) >= 11 is 0. The summed E-state index contributed by atoms with van der Waals surface area (Å²) in [6, 6.07) is 4.09. The predicted molar refractivity (Wildman–Crippen MR) is 91.0 cm³/mol. The summed E-state index contributed by atoms with van der Waals surface area (Å²) in [5, 5.41) is 16.9. The Morgan fingerprint density at radius 3 is 2.74 bits per heavy atom. The van der Waals surface area contributed by atoms with E-state index in [-0.39, 0.29) is 35.3 Å². The Hall–Kier alpha value is -1.90. The molecule has 0 aromatic heterocycles. The zero-order chi connectivity index (χ0) is 15.9. The number of nitrogens with zero attached hydrogens (tertiary/aromatic N) is 2. The summed E-state index contributed by atoms with van der Waals surface area (Å²) in [6.45, 7) is 5.53. The van der Waals surface area contributed by atoms with Crippen molar-refractivity contribution in [2.75, 3.05) is 45.0 Å². The topological polar surface area (TPSA) is 114 Å². The Bertz CT molecular complexity index is 549. The van der Waals surface area contributed by atoms with Crippen LogP contribution in [0.25, 0.3) is 0 Å². The van der Waals surface area contributed by atoms with Gasteiger partial charge in [-0.05, 0) is 25.1 Å². The van der Waals surface area contributed by atoms with Crippen molar-refractivity contribution in [3.63, 3.8) is 0 Å². The van der Waals surface area contributed by atoms with Crippen LogP contribution in [-0.4, -0.2) is 55.0 Å². The minimum Gasteiger partial charge on any atom is -0.393 e. The molecular weight excluding hydrogens is 322 g/mol. The van der Waals surface area contributed by atoms with Crippen LogP contribution in [0.3, 0.4) is 0 Å². The number of amides is 1. The Labute approximate surface area is 141 Å². The lowest BCUT2D eigenvalue weighted by Gasteiger charge is -2.27. The molecule has 23 heavy (non-hydrogen) atoms. The molecule has 1 fully saturated rings. The third-order valence-electron chi connectivity index (χ3n) is 3.64. The molecule has 0 atom stereocenters. The van der Waals surface area contributed by atoms with Crippen LogP contribution in [-0.2, 0) is 0 Å². The molecule has 0 spiro atoms. The van der Waals surface area contributed by atoms with Gasteiger partial charge in [-0.2, -0.15) is 0 Å². The maximum Gasteiger partial charge on any atom is 0.292 e. The summed E-state index contributed by atoms with van der Waals surface area (Å²) in [6.07, 6.45) is 0.850. The molecule has 1 aromatic rings. The second-order valence-electron chi connectivity index (χ2n) is 5.23. The Kier molecular flexibility index (Phi) is 7.73. The molecule has 0 radical (unpaired) electrons. The zero-order valence-electron chi connectivity index (χ0n) is 12.8. The molecule has 0 unspecified atom stereocenters. The second-order valence-corrected chi connectivity index (χ2v) is 5.23. The molecular formula is C14H22ClN5O3. The standard InChI is InChI=1S/C14H21N5O3.ClH/c15-12-3-2-11(10-13(12)19(21)22)14(20)17-4-1-7-18-8-5-16-6-9-18;/h2-3,10,16H,1,4-9,15H2,(H,17,20);1H. The first kappa shape index (κ1) is 19.1. The van der Waals surface area contributed by atoms with Crippen molar-refractivity contribution < 1.29 is 9.72 Å². The van der Waals surface area contributed by atoms with E-state index in [1.54, 1.807) is 0 Å². The maximum atomic E-state index is 12.0. The van der Waals surface area contributed by atoms with Gasteiger partial charge in [0.25, 0.3) is 11.6 Å². The lowest BCUT2D eigenvalue weighted by molar-refractivity contribution is -0.383. The van der Waals surface area contributed by atoms with Crippen LogP contribution in [0.1, 0.15) is 16.8 Å². The average molecular weight is 344 g/mol. The number of hydrogen-bond donors (Lipinski definition) is 3. The van der Waals surface area contributed by atoms with Gasteiger partial charge in [-0.25, -0.2) is 0 Å². The lowest BCUT2D eigenvalue weighted by Crippen LogP contribution is -2.44. The van der Waals surface area contributed by atoms with E-state index in [1.165, 1.54) is 18.2 Å². The van der Waals surface area contributed by atoms with Crippen molar-refractivity contribution in [2.45, 2.75) is 6.42 Å². The molecule has 0 saturated carbocycles. The van der Waals surface area contributed by atoms with Crippen molar-refractivity contribution in [2.24, 2.45) is 0 Å². The molecule has 0 bridgehead atoms. The number of carbonyl (C=O) groups is 1. The number of benzene rings is 1.